The monoisotopic (exact) mass is 407 g/mol. The molecule has 0 saturated carbocycles. The highest BCUT2D eigenvalue weighted by Gasteiger charge is 2.22. The number of hydrogen-bond acceptors (Lipinski definition) is 5. The van der Waals surface area contributed by atoms with Crippen molar-refractivity contribution in [1.82, 2.24) is 4.90 Å². The summed E-state index contributed by atoms with van der Waals surface area (Å²) < 4.78 is 12.0. The topological polar surface area (TPSA) is 62.9 Å². The molecule has 1 saturated heterocycles. The number of ether oxygens (including phenoxy) is 1. The summed E-state index contributed by atoms with van der Waals surface area (Å²) in [6, 6.07) is 9.05. The summed E-state index contributed by atoms with van der Waals surface area (Å²) in [5.74, 6) is 2.00. The molecule has 2 heterocycles. The normalized spacial score (nSPS) is 17.4. The van der Waals surface area contributed by atoms with Crippen LogP contribution in [0.5, 0.6) is 17.2 Å². The van der Waals surface area contributed by atoms with Crippen LogP contribution in [0.2, 0.25) is 0 Å². The first-order valence-corrected chi connectivity index (χ1v) is 10.6. The number of aryl methyl sites for hydroxylation is 3. The second-order valence-electron chi connectivity index (χ2n) is 8.66. The van der Waals surface area contributed by atoms with Crippen molar-refractivity contribution in [3.63, 3.8) is 0 Å². The van der Waals surface area contributed by atoms with Gasteiger partial charge in [0.05, 0.1) is 10.9 Å². The second kappa shape index (κ2) is 8.15. The van der Waals surface area contributed by atoms with Gasteiger partial charge in [0, 0.05) is 13.1 Å². The maximum Gasteiger partial charge on any atom is 0.235 e. The molecule has 2 aromatic carbocycles. The van der Waals surface area contributed by atoms with Crippen LogP contribution in [0.3, 0.4) is 0 Å². The zero-order valence-electron chi connectivity index (χ0n) is 18.1. The number of nitrogens with zero attached hydrogens (tertiary/aromatic N) is 1. The molecular formula is C25H29NO4. The Morgan fingerprint density at radius 1 is 1.17 bits per heavy atom. The van der Waals surface area contributed by atoms with Crippen molar-refractivity contribution in [1.29, 1.82) is 0 Å². The molecule has 1 unspecified atom stereocenters. The molecule has 5 nitrogen and oxygen atoms in total. The van der Waals surface area contributed by atoms with Crippen molar-refractivity contribution in [2.24, 2.45) is 5.92 Å². The minimum absolute atomic E-state index is 0.159. The van der Waals surface area contributed by atoms with Gasteiger partial charge in [-0.2, -0.15) is 0 Å². The molecule has 0 radical (unpaired) electrons. The zero-order chi connectivity index (χ0) is 21.4. The van der Waals surface area contributed by atoms with Gasteiger partial charge >= 0.3 is 0 Å². The van der Waals surface area contributed by atoms with Gasteiger partial charge in [0.2, 0.25) is 11.2 Å². The van der Waals surface area contributed by atoms with E-state index in [2.05, 4.69) is 17.9 Å². The molecular weight excluding hydrogens is 378 g/mol. The number of fused-ring (bicyclic) bond motifs is 1. The van der Waals surface area contributed by atoms with E-state index >= 15 is 0 Å². The van der Waals surface area contributed by atoms with Crippen LogP contribution in [0, 0.1) is 26.7 Å². The van der Waals surface area contributed by atoms with Crippen molar-refractivity contribution in [3.05, 3.63) is 63.0 Å². The SMILES string of the molecule is Cc1cc(C)cc(Oc2c(C)oc3c(CN4CCCC(C)C4)c(O)ccc3c2=O)c1. The van der Waals surface area contributed by atoms with Crippen molar-refractivity contribution in [3.8, 4) is 17.2 Å². The molecule has 1 aliphatic rings. The molecule has 0 bridgehead atoms. The maximum absolute atomic E-state index is 13.3. The van der Waals surface area contributed by atoms with E-state index in [1.54, 1.807) is 19.1 Å². The van der Waals surface area contributed by atoms with Gasteiger partial charge in [0.1, 0.15) is 22.8 Å². The van der Waals surface area contributed by atoms with E-state index in [4.69, 9.17) is 9.15 Å². The third-order valence-electron chi connectivity index (χ3n) is 5.80. The Bertz CT molecular complexity index is 1130. The maximum atomic E-state index is 13.3. The third-order valence-corrected chi connectivity index (χ3v) is 5.80. The molecule has 1 fully saturated rings. The Labute approximate surface area is 176 Å². The molecule has 1 aromatic heterocycles. The van der Waals surface area contributed by atoms with Gasteiger partial charge in [-0.15, -0.1) is 0 Å². The lowest BCUT2D eigenvalue weighted by Crippen LogP contribution is -2.33. The molecule has 5 heteroatoms. The average molecular weight is 408 g/mol. The number of likely N-dealkylation sites (tertiary alicyclic amines) is 1. The van der Waals surface area contributed by atoms with Gasteiger partial charge in [0.15, 0.2) is 0 Å². The molecule has 1 atom stereocenters. The van der Waals surface area contributed by atoms with Crippen LogP contribution in [-0.4, -0.2) is 23.1 Å². The molecule has 4 rings (SSSR count). The first-order valence-electron chi connectivity index (χ1n) is 10.6. The van der Waals surface area contributed by atoms with E-state index in [-0.39, 0.29) is 16.9 Å². The predicted octanol–water partition coefficient (Wildman–Crippen LogP) is 5.45. The summed E-state index contributed by atoms with van der Waals surface area (Å²) >= 11 is 0. The van der Waals surface area contributed by atoms with Crippen LogP contribution in [0.25, 0.3) is 11.0 Å². The van der Waals surface area contributed by atoms with Crippen molar-refractivity contribution in [2.45, 2.75) is 47.1 Å². The van der Waals surface area contributed by atoms with Crippen LogP contribution in [0.1, 0.15) is 42.2 Å². The molecule has 158 valence electrons. The van der Waals surface area contributed by atoms with Gasteiger partial charge in [0.25, 0.3) is 0 Å². The predicted molar refractivity (Wildman–Crippen MR) is 119 cm³/mol. The van der Waals surface area contributed by atoms with Gasteiger partial charge in [-0.25, -0.2) is 0 Å². The Morgan fingerprint density at radius 3 is 2.60 bits per heavy atom. The highest BCUT2D eigenvalue weighted by Crippen LogP contribution is 2.33. The summed E-state index contributed by atoms with van der Waals surface area (Å²) in [6.45, 7) is 10.5. The summed E-state index contributed by atoms with van der Waals surface area (Å²) in [4.78, 5) is 15.6. The Balaban J connectivity index is 1.75. The summed E-state index contributed by atoms with van der Waals surface area (Å²) in [7, 11) is 0. The van der Waals surface area contributed by atoms with E-state index in [1.165, 1.54) is 6.42 Å². The number of aromatic hydroxyl groups is 1. The minimum atomic E-state index is -0.221. The zero-order valence-corrected chi connectivity index (χ0v) is 18.1. The smallest absolute Gasteiger partial charge is 0.235 e. The van der Waals surface area contributed by atoms with Gasteiger partial charge < -0.3 is 14.3 Å². The van der Waals surface area contributed by atoms with Crippen LogP contribution >= 0.6 is 0 Å². The van der Waals surface area contributed by atoms with Crippen LogP contribution in [-0.2, 0) is 6.54 Å². The van der Waals surface area contributed by atoms with Crippen LogP contribution in [0.4, 0.5) is 0 Å². The number of hydrogen-bond donors (Lipinski definition) is 1. The largest absolute Gasteiger partial charge is 0.507 e. The van der Waals surface area contributed by atoms with Crippen molar-refractivity contribution >= 4 is 11.0 Å². The van der Waals surface area contributed by atoms with Gasteiger partial charge in [-0.1, -0.05) is 13.0 Å². The summed E-state index contributed by atoms with van der Waals surface area (Å²) in [6.07, 6.45) is 2.37. The quantitative estimate of drug-likeness (QED) is 0.623. The molecule has 0 aliphatic carbocycles. The van der Waals surface area contributed by atoms with Crippen LogP contribution in [0.15, 0.2) is 39.5 Å². The van der Waals surface area contributed by atoms with E-state index in [1.807, 2.05) is 26.0 Å². The highest BCUT2D eigenvalue weighted by molar-refractivity contribution is 5.83. The first-order chi connectivity index (χ1) is 14.3. The fraction of sp³-hybridized carbons (Fsp3) is 0.400. The van der Waals surface area contributed by atoms with Crippen molar-refractivity contribution in [2.75, 3.05) is 13.1 Å². The fourth-order valence-corrected chi connectivity index (χ4v) is 4.43. The molecule has 1 aliphatic heterocycles. The first kappa shape index (κ1) is 20.5. The van der Waals surface area contributed by atoms with Crippen LogP contribution < -0.4 is 10.2 Å². The number of phenolic OH excluding ortho intramolecular Hbond substituents is 1. The van der Waals surface area contributed by atoms with Gasteiger partial charge in [-0.3, -0.25) is 9.69 Å². The second-order valence-corrected chi connectivity index (χ2v) is 8.66. The van der Waals surface area contributed by atoms with E-state index in [0.29, 0.717) is 40.5 Å². The lowest BCUT2D eigenvalue weighted by Gasteiger charge is -2.31. The fourth-order valence-electron chi connectivity index (χ4n) is 4.43. The standard InChI is InChI=1S/C25H29NO4/c1-15-6-5-9-26(13-15)14-21-22(27)8-7-20-23(28)24(18(4)29-25(20)21)30-19-11-16(2)10-17(3)12-19/h7-8,10-12,15,27H,5-6,9,13-14H2,1-4H3. The van der Waals surface area contributed by atoms with E-state index in [0.717, 1.165) is 30.6 Å². The Morgan fingerprint density at radius 2 is 1.90 bits per heavy atom. The highest BCUT2D eigenvalue weighted by atomic mass is 16.5. The Kier molecular flexibility index (Phi) is 5.56. The third kappa shape index (κ3) is 4.08. The number of phenols is 1. The molecule has 3 aromatic rings. The Hall–Kier alpha value is -2.79. The van der Waals surface area contributed by atoms with E-state index in [9.17, 15) is 9.90 Å². The summed E-state index contributed by atoms with van der Waals surface area (Å²) in [5, 5.41) is 11.0. The summed E-state index contributed by atoms with van der Waals surface area (Å²) in [5.41, 5.74) is 3.02. The van der Waals surface area contributed by atoms with Gasteiger partial charge in [-0.05, 0) is 81.5 Å². The molecule has 1 N–H and O–H groups in total. The lowest BCUT2D eigenvalue weighted by atomic mass is 9.99. The molecule has 0 amide bonds. The van der Waals surface area contributed by atoms with Crippen molar-refractivity contribution < 1.29 is 14.3 Å². The average Bonchev–Trinajstić information content (AvgIpc) is 2.67. The minimum Gasteiger partial charge on any atom is -0.507 e. The van der Waals surface area contributed by atoms with E-state index < -0.39 is 0 Å². The number of benzene rings is 2. The molecule has 30 heavy (non-hydrogen) atoms. The number of rotatable bonds is 4. The lowest BCUT2D eigenvalue weighted by molar-refractivity contribution is 0.175. The molecule has 0 spiro atoms. The number of piperidine rings is 1.